The van der Waals surface area contributed by atoms with Gasteiger partial charge in [0.05, 0.1) is 12.7 Å². The molecule has 0 bridgehead atoms. The molecule has 1 rings (SSSR count). The minimum absolute atomic E-state index is 0.0156. The lowest BCUT2D eigenvalue weighted by atomic mass is 10.1. The first-order valence-electron chi connectivity index (χ1n) is 4.79. The Morgan fingerprint density at radius 2 is 1.75 bits per heavy atom. The number of hydrogen-bond acceptors (Lipinski definition) is 1. The zero-order valence-electron chi connectivity index (χ0n) is 9.36. The average molecular weight is 238 g/mol. The molecule has 0 heterocycles. The van der Waals surface area contributed by atoms with E-state index >= 15 is 0 Å². The fourth-order valence-electron chi connectivity index (χ4n) is 1.06. The Bertz CT molecular complexity index is 320. The number of rotatable bonds is 2. The van der Waals surface area contributed by atoms with Crippen LogP contribution in [-0.4, -0.2) is 7.11 Å². The van der Waals surface area contributed by atoms with Crippen molar-refractivity contribution in [2.24, 2.45) is 0 Å². The van der Waals surface area contributed by atoms with Crippen LogP contribution in [0.3, 0.4) is 0 Å². The molecule has 0 radical (unpaired) electrons. The Morgan fingerprint density at radius 1 is 1.19 bits per heavy atom. The fourth-order valence-corrected chi connectivity index (χ4v) is 1.06. The SMILES string of the molecule is CC.COc1ccc(CF)cc1C(F)(F)F. The number of alkyl halides is 4. The van der Waals surface area contributed by atoms with Crippen LogP contribution >= 0.6 is 0 Å². The third-order valence-corrected chi connectivity index (χ3v) is 1.72. The molecule has 0 amide bonds. The number of hydrogen-bond donors (Lipinski definition) is 0. The van der Waals surface area contributed by atoms with Gasteiger partial charge in [0.25, 0.3) is 0 Å². The zero-order valence-corrected chi connectivity index (χ0v) is 9.36. The summed E-state index contributed by atoms with van der Waals surface area (Å²) in [5.74, 6) is -0.297. The third kappa shape index (κ3) is 3.72. The van der Waals surface area contributed by atoms with Gasteiger partial charge in [-0.25, -0.2) is 4.39 Å². The van der Waals surface area contributed by atoms with Crippen LogP contribution in [0.4, 0.5) is 17.6 Å². The maximum absolute atomic E-state index is 12.3. The largest absolute Gasteiger partial charge is 0.496 e. The van der Waals surface area contributed by atoms with Gasteiger partial charge in [-0.1, -0.05) is 19.9 Å². The smallest absolute Gasteiger partial charge is 0.419 e. The molecule has 0 aliphatic carbocycles. The van der Waals surface area contributed by atoms with E-state index in [0.29, 0.717) is 0 Å². The predicted octanol–water partition coefficient (Wildman–Crippen LogP) is 4.21. The van der Waals surface area contributed by atoms with Gasteiger partial charge in [-0.15, -0.1) is 0 Å². The predicted molar refractivity (Wildman–Crippen MR) is 54.2 cm³/mol. The summed E-state index contributed by atoms with van der Waals surface area (Å²) < 4.78 is 53.7. The number of ether oxygens (including phenoxy) is 1. The van der Waals surface area contributed by atoms with Crippen molar-refractivity contribution in [3.05, 3.63) is 29.3 Å². The van der Waals surface area contributed by atoms with Crippen molar-refractivity contribution < 1.29 is 22.3 Å². The maximum atomic E-state index is 12.3. The molecule has 0 fully saturated rings. The zero-order chi connectivity index (χ0) is 12.8. The Kier molecular flexibility index (Phi) is 5.85. The van der Waals surface area contributed by atoms with Gasteiger partial charge in [-0.3, -0.25) is 0 Å². The monoisotopic (exact) mass is 238 g/mol. The Balaban J connectivity index is 0.00000106. The molecule has 0 aliphatic heterocycles. The molecule has 0 aliphatic rings. The molecule has 0 N–H and O–H groups in total. The Hall–Kier alpha value is -1.26. The summed E-state index contributed by atoms with van der Waals surface area (Å²) in [6.45, 7) is 3.08. The molecule has 1 nitrogen and oxygen atoms in total. The van der Waals surface area contributed by atoms with E-state index in [0.717, 1.165) is 19.2 Å². The second-order valence-corrected chi connectivity index (χ2v) is 2.67. The van der Waals surface area contributed by atoms with E-state index in [2.05, 4.69) is 4.74 Å². The van der Waals surface area contributed by atoms with Crippen molar-refractivity contribution in [3.63, 3.8) is 0 Å². The van der Waals surface area contributed by atoms with Crippen LogP contribution in [0.1, 0.15) is 25.0 Å². The van der Waals surface area contributed by atoms with Crippen molar-refractivity contribution in [2.75, 3.05) is 7.11 Å². The molecule has 0 saturated heterocycles. The van der Waals surface area contributed by atoms with Gasteiger partial charge in [0.1, 0.15) is 12.4 Å². The highest BCUT2D eigenvalue weighted by Crippen LogP contribution is 2.36. The third-order valence-electron chi connectivity index (χ3n) is 1.72. The average Bonchev–Trinajstić information content (AvgIpc) is 2.29. The maximum Gasteiger partial charge on any atom is 0.419 e. The van der Waals surface area contributed by atoms with Crippen molar-refractivity contribution in [2.45, 2.75) is 26.7 Å². The summed E-state index contributed by atoms with van der Waals surface area (Å²) in [4.78, 5) is 0. The Morgan fingerprint density at radius 3 is 2.12 bits per heavy atom. The van der Waals surface area contributed by atoms with Crippen LogP contribution in [0.2, 0.25) is 0 Å². The summed E-state index contributed by atoms with van der Waals surface area (Å²) in [7, 11) is 1.14. The molecule has 1 aromatic carbocycles. The number of halogens is 4. The van der Waals surface area contributed by atoms with Crippen molar-refractivity contribution in [1.29, 1.82) is 0 Å². The standard InChI is InChI=1S/C9H8F4O.C2H6/c1-14-8-3-2-6(5-10)4-7(8)9(11,12)13;1-2/h2-4H,5H2,1H3;1-2H3. The Labute approximate surface area is 92.0 Å². The summed E-state index contributed by atoms with van der Waals surface area (Å²) in [5, 5.41) is 0. The van der Waals surface area contributed by atoms with E-state index in [9.17, 15) is 17.6 Å². The van der Waals surface area contributed by atoms with Crippen LogP contribution < -0.4 is 4.74 Å². The first-order chi connectivity index (χ1) is 7.49. The highest BCUT2D eigenvalue weighted by molar-refractivity contribution is 5.39. The van der Waals surface area contributed by atoms with E-state index in [1.54, 1.807) is 0 Å². The molecular weight excluding hydrogens is 224 g/mol. The first-order valence-corrected chi connectivity index (χ1v) is 4.79. The lowest BCUT2D eigenvalue weighted by Crippen LogP contribution is -2.07. The van der Waals surface area contributed by atoms with Crippen molar-refractivity contribution >= 4 is 0 Å². The highest BCUT2D eigenvalue weighted by Gasteiger charge is 2.34. The molecule has 0 saturated carbocycles. The molecule has 0 spiro atoms. The lowest BCUT2D eigenvalue weighted by Gasteiger charge is -2.12. The normalized spacial score (nSPS) is 10.4. The minimum atomic E-state index is -4.52. The summed E-state index contributed by atoms with van der Waals surface area (Å²) in [5.41, 5.74) is -0.965. The molecule has 0 atom stereocenters. The second-order valence-electron chi connectivity index (χ2n) is 2.67. The topological polar surface area (TPSA) is 9.23 Å². The van der Waals surface area contributed by atoms with E-state index in [-0.39, 0.29) is 11.3 Å². The van der Waals surface area contributed by atoms with Gasteiger partial charge in [0.2, 0.25) is 0 Å². The van der Waals surface area contributed by atoms with Gasteiger partial charge in [-0.05, 0) is 17.7 Å². The molecule has 1 aromatic rings. The van der Waals surface area contributed by atoms with Crippen LogP contribution in [0.5, 0.6) is 5.75 Å². The quantitative estimate of drug-likeness (QED) is 0.701. The van der Waals surface area contributed by atoms with Crippen LogP contribution in [0, 0.1) is 0 Å². The van der Waals surface area contributed by atoms with Crippen LogP contribution in [0.25, 0.3) is 0 Å². The minimum Gasteiger partial charge on any atom is -0.496 e. The van der Waals surface area contributed by atoms with Crippen molar-refractivity contribution in [1.82, 2.24) is 0 Å². The van der Waals surface area contributed by atoms with Gasteiger partial charge in [0, 0.05) is 0 Å². The molecular formula is C11H14F4O. The van der Waals surface area contributed by atoms with Gasteiger partial charge in [-0.2, -0.15) is 13.2 Å². The van der Waals surface area contributed by atoms with Gasteiger partial charge >= 0.3 is 6.18 Å². The first kappa shape index (κ1) is 14.7. The van der Waals surface area contributed by atoms with E-state index in [1.807, 2.05) is 13.8 Å². The van der Waals surface area contributed by atoms with E-state index in [1.165, 1.54) is 6.07 Å². The van der Waals surface area contributed by atoms with E-state index in [4.69, 9.17) is 0 Å². The highest BCUT2D eigenvalue weighted by atomic mass is 19.4. The lowest BCUT2D eigenvalue weighted by molar-refractivity contribution is -0.138. The molecule has 0 aromatic heterocycles. The number of methoxy groups -OCH3 is 1. The van der Waals surface area contributed by atoms with Gasteiger partial charge in [0.15, 0.2) is 0 Å². The second kappa shape index (κ2) is 6.35. The van der Waals surface area contributed by atoms with Gasteiger partial charge < -0.3 is 4.74 Å². The molecule has 5 heteroatoms. The van der Waals surface area contributed by atoms with Crippen molar-refractivity contribution in [3.8, 4) is 5.75 Å². The van der Waals surface area contributed by atoms with Crippen LogP contribution in [-0.2, 0) is 12.9 Å². The summed E-state index contributed by atoms with van der Waals surface area (Å²) >= 11 is 0. The van der Waals surface area contributed by atoms with Crippen LogP contribution in [0.15, 0.2) is 18.2 Å². The summed E-state index contributed by atoms with van der Waals surface area (Å²) in [6, 6.07) is 3.12. The molecule has 16 heavy (non-hydrogen) atoms. The van der Waals surface area contributed by atoms with E-state index < -0.39 is 18.4 Å². The fraction of sp³-hybridized carbons (Fsp3) is 0.455. The molecule has 0 unspecified atom stereocenters. The number of benzene rings is 1. The molecule has 92 valence electrons. The summed E-state index contributed by atoms with van der Waals surface area (Å²) in [6.07, 6.45) is -4.52.